The van der Waals surface area contributed by atoms with Gasteiger partial charge in [-0.3, -0.25) is 14.4 Å². The average molecular weight is 601 g/mol. The minimum absolute atomic E-state index is 0.0268. The van der Waals surface area contributed by atoms with E-state index in [0.29, 0.717) is 13.0 Å². The van der Waals surface area contributed by atoms with Crippen molar-refractivity contribution in [1.29, 1.82) is 0 Å². The standard InChI is InChI=1S/C32H44N2O9/c1-16(13-17(2)29-19(4)24-11-12-32(15-40-32)31(6,42-24)43-29)7-8-22(36)26-28(38)27(18(3)23(37)14-33)34(30(26)39)25-10-9-21(35)20(5)41-25/h7-8,11-13,17-21,24-25,27,29,35-36H,9-10,14-15,33H2,1-6H3/b8-7+,16-13+,26-22?. The molecule has 0 radical (unpaired) electrons. The lowest BCUT2D eigenvalue weighted by Gasteiger charge is -2.51. The number of nitrogens with two attached hydrogens (primary N) is 1. The topological polar surface area (TPSA) is 161 Å². The second-order valence-electron chi connectivity index (χ2n) is 12.8. The molecular formula is C32H44N2O9. The summed E-state index contributed by atoms with van der Waals surface area (Å²) >= 11 is 0. The first kappa shape index (κ1) is 31.7. The number of ether oxygens (including phenoxy) is 4. The highest BCUT2D eigenvalue weighted by Crippen LogP contribution is 2.52. The van der Waals surface area contributed by atoms with Gasteiger partial charge in [-0.1, -0.05) is 44.6 Å². The van der Waals surface area contributed by atoms with Crippen molar-refractivity contribution < 1.29 is 43.5 Å². The van der Waals surface area contributed by atoms with E-state index in [1.54, 1.807) is 19.9 Å². The van der Waals surface area contributed by atoms with E-state index in [1.165, 1.54) is 11.0 Å². The van der Waals surface area contributed by atoms with Gasteiger partial charge in [0, 0.05) is 17.8 Å². The highest BCUT2D eigenvalue weighted by Gasteiger charge is 2.66. The maximum atomic E-state index is 13.6. The Morgan fingerprint density at radius 2 is 1.91 bits per heavy atom. The molecule has 0 aromatic carbocycles. The first-order valence-electron chi connectivity index (χ1n) is 15.2. The second-order valence-corrected chi connectivity index (χ2v) is 12.8. The molecule has 4 saturated heterocycles. The van der Waals surface area contributed by atoms with Crippen LogP contribution < -0.4 is 5.73 Å². The molecule has 1 amide bonds. The van der Waals surface area contributed by atoms with Crippen molar-refractivity contribution in [2.75, 3.05) is 13.2 Å². The van der Waals surface area contributed by atoms with Crippen LogP contribution in [-0.2, 0) is 33.3 Å². The zero-order valence-electron chi connectivity index (χ0n) is 25.7. The Balaban J connectivity index is 1.36. The molecule has 0 aromatic rings. The van der Waals surface area contributed by atoms with Gasteiger partial charge in [-0.25, -0.2) is 0 Å². The lowest BCUT2D eigenvalue weighted by molar-refractivity contribution is -0.346. The molecule has 5 heterocycles. The van der Waals surface area contributed by atoms with Gasteiger partial charge in [0.2, 0.25) is 5.79 Å². The molecular weight excluding hydrogens is 556 g/mol. The molecule has 5 rings (SSSR count). The first-order valence-corrected chi connectivity index (χ1v) is 15.2. The molecule has 0 aromatic heterocycles. The number of Topliss-reactive ketones (excluding diaryl/α,β-unsaturated/α-hetero) is 2. The van der Waals surface area contributed by atoms with E-state index < -0.39 is 64.8 Å². The van der Waals surface area contributed by atoms with E-state index in [1.807, 2.05) is 26.0 Å². The van der Waals surface area contributed by atoms with Crippen LogP contribution in [0, 0.1) is 17.8 Å². The summed E-state index contributed by atoms with van der Waals surface area (Å²) in [5.74, 6) is -3.97. The molecule has 0 saturated carbocycles. The molecule has 43 heavy (non-hydrogen) atoms. The minimum atomic E-state index is -1.17. The number of epoxide rings is 1. The van der Waals surface area contributed by atoms with Crippen molar-refractivity contribution in [3.63, 3.8) is 0 Å². The van der Waals surface area contributed by atoms with Crippen molar-refractivity contribution >= 4 is 17.5 Å². The maximum Gasteiger partial charge on any atom is 0.264 e. The second kappa shape index (κ2) is 11.7. The van der Waals surface area contributed by atoms with E-state index >= 15 is 0 Å². The van der Waals surface area contributed by atoms with Crippen LogP contribution in [0.2, 0.25) is 0 Å². The van der Waals surface area contributed by atoms with E-state index in [0.717, 1.165) is 5.57 Å². The fraction of sp³-hybridized carbons (Fsp3) is 0.656. The number of rotatable bonds is 8. The van der Waals surface area contributed by atoms with Gasteiger partial charge in [-0.2, -0.15) is 0 Å². The van der Waals surface area contributed by atoms with Gasteiger partial charge >= 0.3 is 0 Å². The predicted molar refractivity (Wildman–Crippen MR) is 155 cm³/mol. The van der Waals surface area contributed by atoms with E-state index in [4.69, 9.17) is 24.7 Å². The van der Waals surface area contributed by atoms with Crippen LogP contribution in [0.3, 0.4) is 0 Å². The smallest absolute Gasteiger partial charge is 0.264 e. The van der Waals surface area contributed by atoms with Gasteiger partial charge in [0.05, 0.1) is 37.6 Å². The van der Waals surface area contributed by atoms with E-state index in [9.17, 15) is 24.6 Å². The quantitative estimate of drug-likeness (QED) is 0.0941. The molecule has 11 nitrogen and oxygen atoms in total. The number of hydrogen-bond donors (Lipinski definition) is 3. The van der Waals surface area contributed by atoms with Gasteiger partial charge in [0.25, 0.3) is 5.91 Å². The Morgan fingerprint density at radius 1 is 1.21 bits per heavy atom. The molecule has 11 atom stereocenters. The molecule has 2 bridgehead atoms. The number of carbonyl (C=O) groups is 3. The third-order valence-electron chi connectivity index (χ3n) is 9.72. The van der Waals surface area contributed by atoms with Crippen LogP contribution in [0.25, 0.3) is 0 Å². The Hall–Kier alpha value is -2.67. The summed E-state index contributed by atoms with van der Waals surface area (Å²) in [5.41, 5.74) is 5.43. The van der Waals surface area contributed by atoms with Crippen molar-refractivity contribution in [3.8, 4) is 0 Å². The number of fused-ring (bicyclic) bond motifs is 3. The lowest BCUT2D eigenvalue weighted by atomic mass is 9.82. The number of amides is 1. The molecule has 1 spiro atoms. The molecule has 5 aliphatic rings. The fourth-order valence-electron chi connectivity index (χ4n) is 6.82. The molecule has 236 valence electrons. The molecule has 4 fully saturated rings. The maximum absolute atomic E-state index is 13.6. The van der Waals surface area contributed by atoms with Gasteiger partial charge < -0.3 is 39.8 Å². The largest absolute Gasteiger partial charge is 0.507 e. The summed E-state index contributed by atoms with van der Waals surface area (Å²) in [6.07, 6.45) is 7.37. The SMILES string of the molecule is CC(/C=C/C(O)=C1C(=O)C(C(C)C(=O)CN)N(C2CCC(O)C(C)O2)C1=O)=C\C(C)C1OC2(C)OC(C=CC23CO3)C1C. The lowest BCUT2D eigenvalue weighted by Crippen LogP contribution is -2.61. The van der Waals surface area contributed by atoms with Crippen molar-refractivity contribution in [1.82, 2.24) is 4.90 Å². The summed E-state index contributed by atoms with van der Waals surface area (Å²) in [7, 11) is 0. The molecule has 0 aliphatic carbocycles. The van der Waals surface area contributed by atoms with Crippen LogP contribution >= 0.6 is 0 Å². The van der Waals surface area contributed by atoms with E-state index in [2.05, 4.69) is 19.9 Å². The monoisotopic (exact) mass is 600 g/mol. The Kier molecular flexibility index (Phi) is 8.62. The summed E-state index contributed by atoms with van der Waals surface area (Å²) in [4.78, 5) is 41.0. The van der Waals surface area contributed by atoms with Crippen molar-refractivity contribution in [3.05, 3.63) is 47.3 Å². The number of nitrogens with zero attached hydrogens (tertiary/aromatic N) is 1. The Labute approximate surface area is 252 Å². The number of allylic oxidation sites excluding steroid dienone is 3. The number of ketones is 2. The summed E-state index contributed by atoms with van der Waals surface area (Å²) in [6, 6.07) is -1.17. The van der Waals surface area contributed by atoms with Crippen molar-refractivity contribution in [2.24, 2.45) is 23.5 Å². The summed E-state index contributed by atoms with van der Waals surface area (Å²) < 4.78 is 24.3. The molecule has 5 aliphatic heterocycles. The fourth-order valence-corrected chi connectivity index (χ4v) is 6.82. The van der Waals surface area contributed by atoms with Gasteiger partial charge in [-0.05, 0) is 45.8 Å². The molecule has 4 N–H and O–H groups in total. The normalized spacial score (nSPS) is 42.1. The minimum Gasteiger partial charge on any atom is -0.507 e. The third-order valence-corrected chi connectivity index (χ3v) is 9.72. The number of aliphatic hydroxyl groups is 2. The molecule has 11 unspecified atom stereocenters. The van der Waals surface area contributed by atoms with Crippen LogP contribution in [0.15, 0.2) is 47.3 Å². The number of carbonyl (C=O) groups excluding carboxylic acids is 3. The number of likely N-dealkylation sites (tertiary alicyclic amines) is 1. The Morgan fingerprint density at radius 3 is 2.53 bits per heavy atom. The highest BCUT2D eigenvalue weighted by molar-refractivity contribution is 6.28. The van der Waals surface area contributed by atoms with Gasteiger partial charge in [-0.15, -0.1) is 0 Å². The van der Waals surface area contributed by atoms with Crippen LogP contribution in [0.4, 0.5) is 0 Å². The third kappa shape index (κ3) is 5.55. The van der Waals surface area contributed by atoms with Gasteiger partial charge in [0.15, 0.2) is 17.2 Å². The number of hydrogen-bond acceptors (Lipinski definition) is 10. The van der Waals surface area contributed by atoms with Crippen LogP contribution in [-0.4, -0.2) is 93.8 Å². The number of aliphatic hydroxyl groups excluding tert-OH is 2. The molecule has 11 heteroatoms. The highest BCUT2D eigenvalue weighted by atomic mass is 16.8. The zero-order valence-corrected chi connectivity index (χ0v) is 25.7. The van der Waals surface area contributed by atoms with Crippen LogP contribution in [0.5, 0.6) is 0 Å². The van der Waals surface area contributed by atoms with Gasteiger partial charge in [0.1, 0.15) is 23.6 Å². The van der Waals surface area contributed by atoms with E-state index in [-0.39, 0.29) is 42.8 Å². The Bertz CT molecular complexity index is 1280. The zero-order chi connectivity index (χ0) is 31.4. The summed E-state index contributed by atoms with van der Waals surface area (Å²) in [5, 5.41) is 21.1. The first-order chi connectivity index (χ1) is 20.2. The summed E-state index contributed by atoms with van der Waals surface area (Å²) in [6.45, 7) is 11.4. The van der Waals surface area contributed by atoms with Crippen LogP contribution in [0.1, 0.15) is 54.4 Å². The average Bonchev–Trinajstić information content (AvgIpc) is 3.71. The van der Waals surface area contributed by atoms with Crippen molar-refractivity contribution in [2.45, 2.75) is 102 Å². The predicted octanol–water partition coefficient (Wildman–Crippen LogP) is 2.24.